The van der Waals surface area contributed by atoms with Crippen LogP contribution in [0.3, 0.4) is 0 Å². The molecule has 0 bridgehead atoms. The van der Waals surface area contributed by atoms with Crippen molar-refractivity contribution in [2.75, 3.05) is 13.7 Å². The van der Waals surface area contributed by atoms with Crippen LogP contribution in [0, 0.1) is 5.82 Å². The number of benzene rings is 1. The van der Waals surface area contributed by atoms with E-state index in [1.54, 1.807) is 13.0 Å². The number of rotatable bonds is 4. The van der Waals surface area contributed by atoms with E-state index in [9.17, 15) is 14.0 Å². The summed E-state index contributed by atoms with van der Waals surface area (Å²) in [5, 5.41) is 5.65. The first-order chi connectivity index (χ1) is 9.99. The highest BCUT2D eigenvalue weighted by Crippen LogP contribution is 2.26. The second-order valence-corrected chi connectivity index (χ2v) is 5.36. The maximum Gasteiger partial charge on any atom is 0.407 e. The Labute approximate surface area is 124 Å². The summed E-state index contributed by atoms with van der Waals surface area (Å²) in [4.78, 5) is 26.9. The Bertz CT molecular complexity index is 674. The van der Waals surface area contributed by atoms with Crippen LogP contribution in [0.4, 0.5) is 9.18 Å². The second kappa shape index (κ2) is 6.49. The van der Waals surface area contributed by atoms with Gasteiger partial charge in [0.05, 0.1) is 23.4 Å². The summed E-state index contributed by atoms with van der Waals surface area (Å²) >= 11 is 1.31. The first kappa shape index (κ1) is 15.2. The van der Waals surface area contributed by atoms with E-state index in [2.05, 4.69) is 20.4 Å². The molecule has 0 radical (unpaired) electrons. The van der Waals surface area contributed by atoms with E-state index < -0.39 is 6.09 Å². The summed E-state index contributed by atoms with van der Waals surface area (Å²) in [6.07, 6.45) is -0.673. The number of nitrogens with one attached hydrogen (secondary N) is 2. The van der Waals surface area contributed by atoms with Gasteiger partial charge in [0.25, 0.3) is 0 Å². The van der Waals surface area contributed by atoms with E-state index in [-0.39, 0.29) is 24.3 Å². The van der Waals surface area contributed by atoms with Crippen LogP contribution < -0.4 is 10.6 Å². The van der Waals surface area contributed by atoms with Gasteiger partial charge in [0.15, 0.2) is 0 Å². The van der Waals surface area contributed by atoms with Crippen LogP contribution in [0.25, 0.3) is 10.2 Å². The highest BCUT2D eigenvalue weighted by molar-refractivity contribution is 7.18. The van der Waals surface area contributed by atoms with E-state index in [4.69, 9.17) is 0 Å². The predicted molar refractivity (Wildman–Crippen MR) is 76.5 cm³/mol. The van der Waals surface area contributed by atoms with Crippen LogP contribution in [0.15, 0.2) is 18.2 Å². The molecular formula is C13H14FN3O3S. The number of alkyl carbamates (subject to hydrolysis) is 1. The first-order valence-electron chi connectivity index (χ1n) is 6.16. The lowest BCUT2D eigenvalue weighted by Gasteiger charge is -2.11. The number of amides is 2. The Morgan fingerprint density at radius 2 is 2.24 bits per heavy atom. The number of ether oxygens (including phenoxy) is 1. The van der Waals surface area contributed by atoms with Gasteiger partial charge < -0.3 is 15.4 Å². The van der Waals surface area contributed by atoms with Crippen LogP contribution in [-0.2, 0) is 9.53 Å². The molecule has 1 heterocycles. The molecule has 0 saturated heterocycles. The fourth-order valence-electron chi connectivity index (χ4n) is 1.68. The molecule has 2 rings (SSSR count). The number of carbonyl (C=O) groups excluding carboxylic acids is 2. The Balaban J connectivity index is 1.99. The van der Waals surface area contributed by atoms with Crippen molar-refractivity contribution in [3.05, 3.63) is 29.0 Å². The number of fused-ring (bicyclic) bond motifs is 1. The Morgan fingerprint density at radius 1 is 1.48 bits per heavy atom. The molecule has 21 heavy (non-hydrogen) atoms. The molecule has 112 valence electrons. The fraction of sp³-hybridized carbons (Fsp3) is 0.308. The lowest BCUT2D eigenvalue weighted by Crippen LogP contribution is -2.37. The summed E-state index contributed by atoms with van der Waals surface area (Å²) in [6.45, 7) is 1.58. The third kappa shape index (κ3) is 3.88. The average Bonchev–Trinajstić information content (AvgIpc) is 2.87. The maximum absolute atomic E-state index is 13.1. The van der Waals surface area contributed by atoms with Crippen molar-refractivity contribution in [1.82, 2.24) is 15.6 Å². The number of methoxy groups -OCH3 is 1. The zero-order chi connectivity index (χ0) is 15.4. The zero-order valence-electron chi connectivity index (χ0n) is 11.5. The quantitative estimate of drug-likeness (QED) is 0.904. The van der Waals surface area contributed by atoms with Crippen LogP contribution in [0.5, 0.6) is 0 Å². The lowest BCUT2D eigenvalue weighted by molar-refractivity contribution is -0.120. The molecule has 1 atom stereocenters. The Kier molecular flexibility index (Phi) is 4.69. The molecule has 2 aromatic rings. The number of hydrogen-bond acceptors (Lipinski definition) is 5. The van der Waals surface area contributed by atoms with Gasteiger partial charge in [0.1, 0.15) is 17.4 Å². The predicted octanol–water partition coefficient (Wildman–Crippen LogP) is 1.97. The molecule has 1 aromatic heterocycles. The second-order valence-electron chi connectivity index (χ2n) is 4.30. The van der Waals surface area contributed by atoms with Crippen LogP contribution in [0.2, 0.25) is 0 Å². The van der Waals surface area contributed by atoms with Crippen molar-refractivity contribution >= 4 is 33.6 Å². The van der Waals surface area contributed by atoms with Crippen molar-refractivity contribution in [2.24, 2.45) is 0 Å². The maximum atomic E-state index is 13.1. The van der Waals surface area contributed by atoms with Gasteiger partial charge in [0, 0.05) is 0 Å². The van der Waals surface area contributed by atoms with E-state index in [0.717, 1.165) is 4.70 Å². The van der Waals surface area contributed by atoms with E-state index in [1.807, 2.05) is 0 Å². The molecule has 6 nitrogen and oxygen atoms in total. The molecule has 0 aliphatic carbocycles. The third-order valence-electron chi connectivity index (χ3n) is 2.69. The van der Waals surface area contributed by atoms with Gasteiger partial charge in [-0.15, -0.1) is 11.3 Å². The van der Waals surface area contributed by atoms with Gasteiger partial charge in [-0.25, -0.2) is 14.2 Å². The largest absolute Gasteiger partial charge is 0.453 e. The molecule has 0 spiro atoms. The lowest BCUT2D eigenvalue weighted by atomic mass is 10.3. The summed E-state index contributed by atoms with van der Waals surface area (Å²) in [6, 6.07) is 4.01. The standard InChI is InChI=1S/C13H14FN3O3S/c1-7(16-11(18)6-15-13(19)20-2)12-17-9-4-3-8(14)5-10(9)21-12/h3-5,7H,6H2,1-2H3,(H,15,19)(H,16,18)/t7-/m1/s1. The Hall–Kier alpha value is -2.22. The van der Waals surface area contributed by atoms with Gasteiger partial charge in [-0.2, -0.15) is 0 Å². The number of carbonyl (C=O) groups is 2. The minimum Gasteiger partial charge on any atom is -0.453 e. The highest BCUT2D eigenvalue weighted by atomic mass is 32.1. The molecule has 2 amide bonds. The smallest absolute Gasteiger partial charge is 0.407 e. The van der Waals surface area contributed by atoms with E-state index >= 15 is 0 Å². The van der Waals surface area contributed by atoms with Crippen molar-refractivity contribution in [3.63, 3.8) is 0 Å². The molecule has 0 aliphatic heterocycles. The summed E-state index contributed by atoms with van der Waals surface area (Å²) in [5.74, 6) is -0.685. The molecule has 0 fully saturated rings. The molecule has 0 aliphatic rings. The topological polar surface area (TPSA) is 80.3 Å². The minimum absolute atomic E-state index is 0.184. The van der Waals surface area contributed by atoms with Crippen LogP contribution in [-0.4, -0.2) is 30.6 Å². The van der Waals surface area contributed by atoms with Crippen molar-refractivity contribution in [2.45, 2.75) is 13.0 Å². The molecule has 2 N–H and O–H groups in total. The molecule has 8 heteroatoms. The van der Waals surface area contributed by atoms with E-state index in [0.29, 0.717) is 10.5 Å². The minimum atomic E-state index is -0.673. The third-order valence-corrected chi connectivity index (χ3v) is 3.89. The fourth-order valence-corrected chi connectivity index (χ4v) is 2.68. The van der Waals surface area contributed by atoms with Crippen LogP contribution in [0.1, 0.15) is 18.0 Å². The molecule has 0 unspecified atom stereocenters. The summed E-state index contributed by atoms with van der Waals surface area (Å²) in [7, 11) is 1.22. The normalized spacial score (nSPS) is 12.0. The van der Waals surface area contributed by atoms with Crippen LogP contribution >= 0.6 is 11.3 Å². The van der Waals surface area contributed by atoms with Gasteiger partial charge in [-0.3, -0.25) is 4.79 Å². The first-order valence-corrected chi connectivity index (χ1v) is 6.98. The van der Waals surface area contributed by atoms with Gasteiger partial charge >= 0.3 is 6.09 Å². The number of halogens is 1. The number of hydrogen-bond donors (Lipinski definition) is 2. The van der Waals surface area contributed by atoms with E-state index in [1.165, 1.54) is 30.6 Å². The molecular weight excluding hydrogens is 297 g/mol. The SMILES string of the molecule is COC(=O)NCC(=O)N[C@H](C)c1nc2ccc(F)cc2s1. The van der Waals surface area contributed by atoms with Crippen molar-refractivity contribution in [1.29, 1.82) is 0 Å². The zero-order valence-corrected chi connectivity index (χ0v) is 12.3. The van der Waals surface area contributed by atoms with Gasteiger partial charge in [-0.05, 0) is 25.1 Å². The molecule has 1 aromatic carbocycles. The van der Waals surface area contributed by atoms with Crippen molar-refractivity contribution < 1.29 is 18.7 Å². The Morgan fingerprint density at radius 3 is 2.95 bits per heavy atom. The molecule has 0 saturated carbocycles. The summed E-state index contributed by atoms with van der Waals surface area (Å²) < 4.78 is 18.2. The average molecular weight is 311 g/mol. The highest BCUT2D eigenvalue weighted by Gasteiger charge is 2.15. The monoisotopic (exact) mass is 311 g/mol. The number of thiazole rings is 1. The van der Waals surface area contributed by atoms with Gasteiger partial charge in [-0.1, -0.05) is 0 Å². The number of aromatic nitrogens is 1. The van der Waals surface area contributed by atoms with Gasteiger partial charge in [0.2, 0.25) is 5.91 Å². The van der Waals surface area contributed by atoms with Crippen molar-refractivity contribution in [3.8, 4) is 0 Å². The number of nitrogens with zero attached hydrogens (tertiary/aromatic N) is 1. The summed E-state index contributed by atoms with van der Waals surface area (Å²) in [5.41, 5.74) is 0.685.